The van der Waals surface area contributed by atoms with Crippen LogP contribution in [-0.4, -0.2) is 13.2 Å². The normalized spacial score (nSPS) is 14.2. The quantitative estimate of drug-likeness (QED) is 0.146. The SMILES string of the molecule is c1ccc(P(Cc2ccc3cc2-c2cc(ccc2CP(c2ccccc2)c2ccccc2)OCCCCCCCCCCO3)c2ccccc2)cc1. The lowest BCUT2D eigenvalue weighted by Crippen LogP contribution is -2.14. The van der Waals surface area contributed by atoms with Crippen molar-refractivity contribution in [3.63, 3.8) is 0 Å². The van der Waals surface area contributed by atoms with Crippen molar-refractivity contribution in [3.8, 4) is 22.6 Å². The van der Waals surface area contributed by atoms with E-state index in [1.165, 1.54) is 82.0 Å². The van der Waals surface area contributed by atoms with Crippen LogP contribution in [0.4, 0.5) is 0 Å². The number of ether oxygens (including phenoxy) is 2. The molecule has 0 fully saturated rings. The summed E-state index contributed by atoms with van der Waals surface area (Å²) in [5.74, 6) is 1.91. The van der Waals surface area contributed by atoms with E-state index in [2.05, 4.69) is 158 Å². The summed E-state index contributed by atoms with van der Waals surface area (Å²) >= 11 is 0. The molecule has 6 aromatic carbocycles. The smallest absolute Gasteiger partial charge is 0.119 e. The minimum absolute atomic E-state index is 0.641. The first-order valence-corrected chi connectivity index (χ1v) is 22.1. The second-order valence-corrected chi connectivity index (χ2v) is 18.1. The van der Waals surface area contributed by atoms with Crippen molar-refractivity contribution in [2.75, 3.05) is 13.2 Å². The van der Waals surface area contributed by atoms with E-state index in [4.69, 9.17) is 9.47 Å². The summed E-state index contributed by atoms with van der Waals surface area (Å²) in [5, 5.41) is 5.58. The van der Waals surface area contributed by atoms with Crippen LogP contribution in [0.5, 0.6) is 11.5 Å². The van der Waals surface area contributed by atoms with Crippen molar-refractivity contribution in [2.45, 2.75) is 63.7 Å². The predicted molar refractivity (Wildman–Crippen MR) is 225 cm³/mol. The van der Waals surface area contributed by atoms with Crippen molar-refractivity contribution in [2.24, 2.45) is 0 Å². The number of fused-ring (bicyclic) bond motifs is 5. The summed E-state index contributed by atoms with van der Waals surface area (Å²) in [6.07, 6.45) is 11.7. The van der Waals surface area contributed by atoms with E-state index in [0.29, 0.717) is 0 Å². The van der Waals surface area contributed by atoms with Crippen LogP contribution >= 0.6 is 15.8 Å². The van der Waals surface area contributed by atoms with Gasteiger partial charge in [0, 0.05) is 12.3 Å². The maximum Gasteiger partial charge on any atom is 0.119 e. The van der Waals surface area contributed by atoms with Crippen LogP contribution in [-0.2, 0) is 12.3 Å². The Morgan fingerprint density at radius 2 is 0.654 bits per heavy atom. The van der Waals surface area contributed by atoms with Crippen molar-refractivity contribution in [3.05, 3.63) is 169 Å². The van der Waals surface area contributed by atoms with E-state index in [1.54, 1.807) is 0 Å². The Morgan fingerprint density at radius 3 is 0.981 bits per heavy atom. The van der Waals surface area contributed by atoms with Crippen LogP contribution in [0.3, 0.4) is 0 Å². The third kappa shape index (κ3) is 9.80. The van der Waals surface area contributed by atoms with Crippen LogP contribution in [0.25, 0.3) is 11.1 Å². The Labute approximate surface area is 313 Å². The van der Waals surface area contributed by atoms with Gasteiger partial charge >= 0.3 is 0 Å². The molecule has 2 nitrogen and oxygen atoms in total. The molecule has 0 N–H and O–H groups in total. The molecule has 52 heavy (non-hydrogen) atoms. The first-order chi connectivity index (χ1) is 25.8. The van der Waals surface area contributed by atoms with Crippen LogP contribution in [0.1, 0.15) is 62.5 Å². The number of rotatable bonds is 8. The molecule has 0 spiro atoms. The molecule has 0 aromatic heterocycles. The topological polar surface area (TPSA) is 18.5 Å². The maximum atomic E-state index is 6.53. The fourth-order valence-electron chi connectivity index (χ4n) is 7.15. The Balaban J connectivity index is 1.35. The minimum Gasteiger partial charge on any atom is -0.494 e. The van der Waals surface area contributed by atoms with E-state index in [-0.39, 0.29) is 0 Å². The van der Waals surface area contributed by atoms with Gasteiger partial charge in [0.25, 0.3) is 0 Å². The van der Waals surface area contributed by atoms with E-state index in [9.17, 15) is 0 Å². The molecule has 0 unspecified atom stereocenters. The lowest BCUT2D eigenvalue weighted by molar-refractivity contribution is 0.300. The number of benzene rings is 6. The van der Waals surface area contributed by atoms with Crippen LogP contribution in [0.2, 0.25) is 0 Å². The van der Waals surface area contributed by atoms with Gasteiger partial charge in [-0.3, -0.25) is 0 Å². The van der Waals surface area contributed by atoms with E-state index in [1.807, 2.05) is 0 Å². The molecule has 0 radical (unpaired) electrons. The fraction of sp³-hybridized carbons (Fsp3) is 0.250. The zero-order valence-electron chi connectivity index (χ0n) is 30.2. The lowest BCUT2D eigenvalue weighted by atomic mass is 9.96. The molecule has 7 rings (SSSR count). The van der Waals surface area contributed by atoms with Gasteiger partial charge in [-0.1, -0.05) is 172 Å². The molecule has 6 aromatic rings. The molecule has 0 atom stereocenters. The number of hydrogen-bond acceptors (Lipinski definition) is 2. The average molecular weight is 721 g/mol. The van der Waals surface area contributed by atoms with Gasteiger partial charge in [0.15, 0.2) is 0 Å². The Hall–Kier alpha value is -4.22. The molecule has 264 valence electrons. The zero-order valence-corrected chi connectivity index (χ0v) is 32.0. The van der Waals surface area contributed by atoms with Crippen LogP contribution in [0.15, 0.2) is 158 Å². The third-order valence-electron chi connectivity index (χ3n) is 9.96. The highest BCUT2D eigenvalue weighted by molar-refractivity contribution is 7.72. The Morgan fingerprint density at radius 1 is 0.346 bits per heavy atom. The summed E-state index contributed by atoms with van der Waals surface area (Å²) in [4.78, 5) is 0. The van der Waals surface area contributed by atoms with Crippen LogP contribution in [0, 0.1) is 0 Å². The van der Waals surface area contributed by atoms with Crippen molar-refractivity contribution in [1.29, 1.82) is 0 Å². The van der Waals surface area contributed by atoms with Gasteiger partial charge in [-0.2, -0.15) is 0 Å². The van der Waals surface area contributed by atoms with Gasteiger partial charge in [0.1, 0.15) is 11.5 Å². The van der Waals surface area contributed by atoms with Gasteiger partial charge in [-0.05, 0) is 96.4 Å². The molecule has 0 saturated carbocycles. The van der Waals surface area contributed by atoms with E-state index in [0.717, 1.165) is 49.9 Å². The molecule has 1 heterocycles. The van der Waals surface area contributed by atoms with Crippen LogP contribution < -0.4 is 30.7 Å². The molecular weight excluding hydrogens is 670 g/mol. The van der Waals surface area contributed by atoms with Gasteiger partial charge in [0.2, 0.25) is 0 Å². The summed E-state index contributed by atoms with van der Waals surface area (Å²) in [7, 11) is -1.28. The van der Waals surface area contributed by atoms with E-state index >= 15 is 0 Å². The molecule has 0 saturated heterocycles. The average Bonchev–Trinajstić information content (AvgIpc) is 3.21. The second kappa shape index (κ2) is 19.0. The zero-order chi connectivity index (χ0) is 35.2. The second-order valence-electron chi connectivity index (χ2n) is 13.7. The van der Waals surface area contributed by atoms with Crippen molar-refractivity contribution < 1.29 is 9.47 Å². The van der Waals surface area contributed by atoms with Gasteiger partial charge in [0.05, 0.1) is 13.2 Å². The number of hydrogen-bond donors (Lipinski definition) is 0. The van der Waals surface area contributed by atoms with Crippen molar-refractivity contribution >= 4 is 37.1 Å². The third-order valence-corrected chi connectivity index (χ3v) is 15.0. The van der Waals surface area contributed by atoms with E-state index < -0.39 is 15.8 Å². The Kier molecular flexibility index (Phi) is 13.2. The highest BCUT2D eigenvalue weighted by Gasteiger charge is 2.22. The monoisotopic (exact) mass is 720 g/mol. The standard InChI is InChI=1S/C48H50O2P2/c1-2-4-6-20-34-50-42-32-30-40(38-52(45-25-15-9-16-26-45)46-27-17-10-18-28-46)48(36-42)47-35-41(49-33-19-5-3-1)31-29-39(47)37-51(43-21-11-7-12-22-43)44-23-13-8-14-24-44/h7-18,21-32,35-36H,1-6,19-20,33-34,37-38H2. The van der Waals surface area contributed by atoms with Crippen molar-refractivity contribution in [1.82, 2.24) is 0 Å². The highest BCUT2D eigenvalue weighted by Crippen LogP contribution is 2.46. The summed E-state index contributed by atoms with van der Waals surface area (Å²) in [6.45, 7) is 1.51. The molecule has 1 aliphatic rings. The minimum atomic E-state index is -0.641. The van der Waals surface area contributed by atoms with Gasteiger partial charge in [-0.25, -0.2) is 0 Å². The maximum absolute atomic E-state index is 6.53. The summed E-state index contributed by atoms with van der Waals surface area (Å²) in [6, 6.07) is 58.1. The van der Waals surface area contributed by atoms with Gasteiger partial charge in [-0.15, -0.1) is 0 Å². The first kappa shape index (κ1) is 36.2. The molecular formula is C48H50O2P2. The predicted octanol–water partition coefficient (Wildman–Crippen LogP) is 11.5. The molecule has 4 bridgehead atoms. The lowest BCUT2D eigenvalue weighted by Gasteiger charge is -2.24. The largest absolute Gasteiger partial charge is 0.494 e. The Bertz CT molecular complexity index is 1720. The summed E-state index contributed by atoms with van der Waals surface area (Å²) < 4.78 is 13.1. The highest BCUT2D eigenvalue weighted by atomic mass is 31.1. The molecule has 0 aliphatic carbocycles. The van der Waals surface area contributed by atoms with Gasteiger partial charge < -0.3 is 9.47 Å². The molecule has 1 aliphatic heterocycles. The molecule has 0 amide bonds. The first-order valence-electron chi connectivity index (χ1n) is 19.1. The molecule has 4 heteroatoms. The fourth-order valence-corrected chi connectivity index (χ4v) is 11.8. The summed E-state index contributed by atoms with van der Waals surface area (Å²) in [5.41, 5.74) is 5.22.